The number of benzene rings is 2. The minimum absolute atomic E-state index is 0.129. The van der Waals surface area contributed by atoms with Gasteiger partial charge >= 0.3 is 0 Å². The summed E-state index contributed by atoms with van der Waals surface area (Å²) in [4.78, 5) is 25.4. The molecule has 0 saturated carbocycles. The largest absolute Gasteiger partial charge is 0.507 e. The molecule has 0 bridgehead atoms. The topological polar surface area (TPSA) is 83.1 Å². The lowest BCUT2D eigenvalue weighted by Crippen LogP contribution is -2.23. The molecule has 0 aliphatic heterocycles. The third-order valence-corrected chi connectivity index (χ3v) is 4.17. The van der Waals surface area contributed by atoms with Gasteiger partial charge in [-0.05, 0) is 43.7 Å². The van der Waals surface area contributed by atoms with Gasteiger partial charge in [-0.25, -0.2) is 0 Å². The van der Waals surface area contributed by atoms with Crippen molar-refractivity contribution in [1.82, 2.24) is 4.57 Å². The van der Waals surface area contributed by atoms with Gasteiger partial charge in [-0.3, -0.25) is 14.2 Å². The zero-order valence-electron chi connectivity index (χ0n) is 14.4. The van der Waals surface area contributed by atoms with Gasteiger partial charge in [-0.15, -0.1) is 0 Å². The van der Waals surface area contributed by atoms with Crippen molar-refractivity contribution in [1.29, 1.82) is 5.26 Å². The van der Waals surface area contributed by atoms with Gasteiger partial charge in [0.15, 0.2) is 5.78 Å². The van der Waals surface area contributed by atoms with Crippen LogP contribution in [0.4, 0.5) is 0 Å². The molecule has 3 aromatic rings. The third-order valence-electron chi connectivity index (χ3n) is 4.17. The summed E-state index contributed by atoms with van der Waals surface area (Å²) in [5, 5.41) is 19.3. The Hall–Kier alpha value is -3.65. The van der Waals surface area contributed by atoms with Crippen molar-refractivity contribution in [2.24, 2.45) is 0 Å². The van der Waals surface area contributed by atoms with Crippen molar-refractivity contribution >= 4 is 5.78 Å². The number of nitriles is 1. The Labute approximate surface area is 150 Å². The fourth-order valence-electron chi connectivity index (χ4n) is 2.79. The van der Waals surface area contributed by atoms with Gasteiger partial charge in [0.1, 0.15) is 17.4 Å². The standard InChI is InChI=1S/C21H16N2O3/c1-13-7-8-19(24)17(9-13)20(25)16-10-15(11-22)21(26)23(12-16)18-6-4-3-5-14(18)2/h3-10,12,24H,1-2H3. The van der Waals surface area contributed by atoms with Crippen LogP contribution in [0.1, 0.15) is 32.6 Å². The highest BCUT2D eigenvalue weighted by Gasteiger charge is 2.18. The molecule has 0 saturated heterocycles. The lowest BCUT2D eigenvalue weighted by atomic mass is 10.0. The smallest absolute Gasteiger partial charge is 0.273 e. The van der Waals surface area contributed by atoms with Crippen molar-refractivity contribution < 1.29 is 9.90 Å². The Morgan fingerprint density at radius 2 is 1.85 bits per heavy atom. The monoisotopic (exact) mass is 344 g/mol. The maximum Gasteiger partial charge on any atom is 0.273 e. The van der Waals surface area contributed by atoms with E-state index in [4.69, 9.17) is 0 Å². The van der Waals surface area contributed by atoms with Crippen LogP contribution in [0.25, 0.3) is 5.69 Å². The number of rotatable bonds is 3. The molecule has 3 rings (SSSR count). The van der Waals surface area contributed by atoms with E-state index in [1.807, 2.05) is 32.0 Å². The average Bonchev–Trinajstić information content (AvgIpc) is 2.64. The van der Waals surface area contributed by atoms with E-state index < -0.39 is 11.3 Å². The third kappa shape index (κ3) is 3.01. The number of phenolic OH excluding ortho intramolecular Hbond substituents is 1. The number of aromatic nitrogens is 1. The number of hydrogen-bond donors (Lipinski definition) is 1. The second-order valence-electron chi connectivity index (χ2n) is 6.07. The lowest BCUT2D eigenvalue weighted by Gasteiger charge is -2.12. The molecule has 2 aromatic carbocycles. The molecule has 1 N–H and O–H groups in total. The predicted octanol–water partition coefficient (Wildman–Crippen LogP) is 3.26. The maximum absolute atomic E-state index is 12.9. The van der Waals surface area contributed by atoms with Crippen LogP contribution in [0.15, 0.2) is 59.5 Å². The van der Waals surface area contributed by atoms with Crippen molar-refractivity contribution in [3.05, 3.63) is 92.9 Å². The highest BCUT2D eigenvalue weighted by molar-refractivity contribution is 6.10. The van der Waals surface area contributed by atoms with E-state index in [0.717, 1.165) is 11.1 Å². The van der Waals surface area contributed by atoms with Crippen LogP contribution in [0.5, 0.6) is 5.75 Å². The van der Waals surface area contributed by atoms with Crippen LogP contribution < -0.4 is 5.56 Å². The molecular formula is C21H16N2O3. The van der Waals surface area contributed by atoms with Gasteiger partial charge in [0.05, 0.1) is 11.3 Å². The zero-order chi connectivity index (χ0) is 18.8. The molecular weight excluding hydrogens is 328 g/mol. The first-order valence-corrected chi connectivity index (χ1v) is 7.99. The first kappa shape index (κ1) is 17.2. The second kappa shape index (κ2) is 6.69. The molecule has 128 valence electrons. The van der Waals surface area contributed by atoms with Gasteiger partial charge in [-0.2, -0.15) is 5.26 Å². The molecule has 1 heterocycles. The van der Waals surface area contributed by atoms with E-state index in [2.05, 4.69) is 0 Å². The van der Waals surface area contributed by atoms with Crippen LogP contribution in [0.3, 0.4) is 0 Å². The van der Waals surface area contributed by atoms with Gasteiger partial charge in [0, 0.05) is 11.8 Å². The summed E-state index contributed by atoms with van der Waals surface area (Å²) in [7, 11) is 0. The number of aromatic hydroxyl groups is 1. The summed E-state index contributed by atoms with van der Waals surface area (Å²) in [5.41, 5.74) is 1.91. The number of aryl methyl sites for hydroxylation is 2. The van der Waals surface area contributed by atoms with Gasteiger partial charge in [-0.1, -0.05) is 29.8 Å². The number of carbonyl (C=O) groups excluding carboxylic acids is 1. The van der Waals surface area contributed by atoms with Gasteiger partial charge in [0.2, 0.25) is 0 Å². The first-order valence-electron chi connectivity index (χ1n) is 7.99. The maximum atomic E-state index is 12.9. The SMILES string of the molecule is Cc1ccc(O)c(C(=O)c2cc(C#N)c(=O)n(-c3ccccc3C)c2)c1. The van der Waals surface area contributed by atoms with Crippen LogP contribution in [0.2, 0.25) is 0 Å². The van der Waals surface area contributed by atoms with E-state index in [-0.39, 0.29) is 22.4 Å². The van der Waals surface area contributed by atoms with Crippen LogP contribution in [0, 0.1) is 25.2 Å². The van der Waals surface area contributed by atoms with Crippen molar-refractivity contribution in [3.8, 4) is 17.5 Å². The van der Waals surface area contributed by atoms with E-state index in [9.17, 15) is 20.0 Å². The summed E-state index contributed by atoms with van der Waals surface area (Å²) in [5.74, 6) is -0.599. The number of phenols is 1. The zero-order valence-corrected chi connectivity index (χ0v) is 14.4. The molecule has 26 heavy (non-hydrogen) atoms. The Kier molecular flexibility index (Phi) is 4.42. The first-order chi connectivity index (χ1) is 12.4. The molecule has 5 nitrogen and oxygen atoms in total. The predicted molar refractivity (Wildman–Crippen MR) is 97.8 cm³/mol. The number of carbonyl (C=O) groups is 1. The van der Waals surface area contributed by atoms with Crippen LogP contribution in [-0.2, 0) is 0 Å². The fraction of sp³-hybridized carbons (Fsp3) is 0.0952. The Morgan fingerprint density at radius 3 is 2.54 bits per heavy atom. The van der Waals surface area contributed by atoms with E-state index in [1.165, 1.54) is 22.9 Å². The molecule has 1 aromatic heterocycles. The van der Waals surface area contributed by atoms with E-state index in [1.54, 1.807) is 24.3 Å². The van der Waals surface area contributed by atoms with Crippen molar-refractivity contribution in [2.45, 2.75) is 13.8 Å². The van der Waals surface area contributed by atoms with Crippen LogP contribution in [-0.4, -0.2) is 15.5 Å². The number of pyridine rings is 1. The normalized spacial score (nSPS) is 10.3. The molecule has 0 atom stereocenters. The molecule has 0 fully saturated rings. The molecule has 0 aliphatic carbocycles. The quantitative estimate of drug-likeness (QED) is 0.739. The summed E-state index contributed by atoms with van der Waals surface area (Å²) in [6, 6.07) is 15.0. The Morgan fingerprint density at radius 1 is 1.12 bits per heavy atom. The minimum Gasteiger partial charge on any atom is -0.507 e. The number of para-hydroxylation sites is 1. The molecule has 0 spiro atoms. The van der Waals surface area contributed by atoms with Gasteiger partial charge < -0.3 is 5.11 Å². The molecule has 0 aliphatic rings. The van der Waals surface area contributed by atoms with E-state index >= 15 is 0 Å². The number of nitrogens with zero attached hydrogens (tertiary/aromatic N) is 2. The fourth-order valence-corrected chi connectivity index (χ4v) is 2.79. The molecule has 5 heteroatoms. The summed E-state index contributed by atoms with van der Waals surface area (Å²) >= 11 is 0. The highest BCUT2D eigenvalue weighted by Crippen LogP contribution is 2.22. The summed E-state index contributed by atoms with van der Waals surface area (Å²) in [6.07, 6.45) is 1.41. The summed E-state index contributed by atoms with van der Waals surface area (Å²) < 4.78 is 1.30. The Bertz CT molecular complexity index is 1120. The summed E-state index contributed by atoms with van der Waals surface area (Å²) in [6.45, 7) is 3.65. The molecule has 0 amide bonds. The minimum atomic E-state index is -0.494. The van der Waals surface area contributed by atoms with Crippen molar-refractivity contribution in [2.75, 3.05) is 0 Å². The highest BCUT2D eigenvalue weighted by atomic mass is 16.3. The van der Waals surface area contributed by atoms with E-state index in [0.29, 0.717) is 5.69 Å². The average molecular weight is 344 g/mol. The van der Waals surface area contributed by atoms with Gasteiger partial charge in [0.25, 0.3) is 5.56 Å². The second-order valence-corrected chi connectivity index (χ2v) is 6.07. The lowest BCUT2D eigenvalue weighted by molar-refractivity contribution is 0.103. The molecule has 0 unspecified atom stereocenters. The van der Waals surface area contributed by atoms with Crippen molar-refractivity contribution in [3.63, 3.8) is 0 Å². The molecule has 0 radical (unpaired) electrons. The number of hydrogen-bond acceptors (Lipinski definition) is 4. The Balaban J connectivity index is 2.24. The van der Waals surface area contributed by atoms with Crippen LogP contribution >= 0.6 is 0 Å². The number of ketones is 1.